The standard InChI is InChI=1S/C23H25F2N3O/c1-13(2)23(29)27-16-6-7-21-17(9-16)18-10-20(26)19(25)11-22(18)28(21)12-14-4-3-5-15(24)8-14/h3-5,8,10-11,13,16H,6-7,9,12,26H2,1-2H3,(H,27,29). The van der Waals surface area contributed by atoms with Crippen molar-refractivity contribution in [3.05, 3.63) is 64.9 Å². The van der Waals surface area contributed by atoms with E-state index in [2.05, 4.69) is 9.88 Å². The highest BCUT2D eigenvalue weighted by Crippen LogP contribution is 2.35. The summed E-state index contributed by atoms with van der Waals surface area (Å²) in [6, 6.07) is 9.64. The average Bonchev–Trinajstić information content (AvgIpc) is 2.95. The van der Waals surface area contributed by atoms with Crippen molar-refractivity contribution in [2.45, 2.75) is 45.7 Å². The number of carbonyl (C=O) groups excluding carboxylic acids is 1. The van der Waals surface area contributed by atoms with E-state index in [1.165, 1.54) is 18.2 Å². The molecular weight excluding hydrogens is 372 g/mol. The van der Waals surface area contributed by atoms with Crippen LogP contribution in [0, 0.1) is 17.6 Å². The highest BCUT2D eigenvalue weighted by atomic mass is 19.1. The summed E-state index contributed by atoms with van der Waals surface area (Å²) >= 11 is 0. The summed E-state index contributed by atoms with van der Waals surface area (Å²) in [4.78, 5) is 12.1. The van der Waals surface area contributed by atoms with Crippen molar-refractivity contribution in [2.75, 3.05) is 5.73 Å². The normalized spacial score (nSPS) is 16.2. The maximum Gasteiger partial charge on any atom is 0.222 e. The Hall–Kier alpha value is -2.89. The van der Waals surface area contributed by atoms with Crippen molar-refractivity contribution < 1.29 is 13.6 Å². The summed E-state index contributed by atoms with van der Waals surface area (Å²) in [5.41, 5.74) is 9.72. The molecule has 1 aliphatic carbocycles. The number of rotatable bonds is 4. The molecule has 1 aliphatic rings. The minimum absolute atomic E-state index is 0.0347. The molecule has 0 radical (unpaired) electrons. The Bertz CT molecular complexity index is 1090. The SMILES string of the molecule is CC(C)C(=O)NC1CCc2c(c3cc(N)c(F)cc3n2Cc2cccc(F)c2)C1. The lowest BCUT2D eigenvalue weighted by Crippen LogP contribution is -2.41. The molecule has 2 aromatic carbocycles. The van der Waals surface area contributed by atoms with Gasteiger partial charge in [0, 0.05) is 35.7 Å². The topological polar surface area (TPSA) is 60.1 Å². The predicted molar refractivity (Wildman–Crippen MR) is 111 cm³/mol. The third-order valence-corrected chi connectivity index (χ3v) is 5.69. The second kappa shape index (κ2) is 7.50. The Balaban J connectivity index is 1.77. The van der Waals surface area contributed by atoms with Gasteiger partial charge in [-0.05, 0) is 48.6 Å². The Morgan fingerprint density at radius 3 is 2.79 bits per heavy atom. The number of nitrogen functional groups attached to an aromatic ring is 1. The van der Waals surface area contributed by atoms with E-state index < -0.39 is 5.82 Å². The smallest absolute Gasteiger partial charge is 0.222 e. The number of amides is 1. The van der Waals surface area contributed by atoms with Crippen molar-refractivity contribution in [3.63, 3.8) is 0 Å². The van der Waals surface area contributed by atoms with Gasteiger partial charge in [-0.15, -0.1) is 0 Å². The number of benzene rings is 2. The van der Waals surface area contributed by atoms with E-state index in [1.54, 1.807) is 12.1 Å². The molecule has 0 bridgehead atoms. The molecule has 29 heavy (non-hydrogen) atoms. The predicted octanol–water partition coefficient (Wildman–Crippen LogP) is 4.18. The van der Waals surface area contributed by atoms with Crippen LogP contribution in [0.4, 0.5) is 14.5 Å². The number of anilines is 1. The van der Waals surface area contributed by atoms with E-state index in [-0.39, 0.29) is 29.4 Å². The van der Waals surface area contributed by atoms with Crippen molar-refractivity contribution in [3.8, 4) is 0 Å². The summed E-state index contributed by atoms with van der Waals surface area (Å²) in [5.74, 6) is -0.792. The van der Waals surface area contributed by atoms with Gasteiger partial charge in [-0.3, -0.25) is 4.79 Å². The molecule has 152 valence electrons. The zero-order valence-electron chi connectivity index (χ0n) is 16.6. The number of hydrogen-bond donors (Lipinski definition) is 2. The summed E-state index contributed by atoms with van der Waals surface area (Å²) in [6.07, 6.45) is 2.23. The van der Waals surface area contributed by atoms with Crippen molar-refractivity contribution in [2.24, 2.45) is 5.92 Å². The first-order valence-electron chi connectivity index (χ1n) is 9.97. The molecule has 1 aromatic heterocycles. The van der Waals surface area contributed by atoms with Crippen LogP contribution < -0.4 is 11.1 Å². The quantitative estimate of drug-likeness (QED) is 0.649. The molecular formula is C23H25F2N3O. The first kappa shape index (κ1) is 19.4. The molecule has 1 heterocycles. The number of nitrogens with two attached hydrogens (primary N) is 1. The van der Waals surface area contributed by atoms with Crippen molar-refractivity contribution in [1.29, 1.82) is 0 Å². The molecule has 1 atom stereocenters. The zero-order valence-corrected chi connectivity index (χ0v) is 16.6. The lowest BCUT2D eigenvalue weighted by Gasteiger charge is -2.26. The van der Waals surface area contributed by atoms with Gasteiger partial charge in [-0.2, -0.15) is 0 Å². The average molecular weight is 397 g/mol. The highest BCUT2D eigenvalue weighted by molar-refractivity contribution is 5.89. The van der Waals surface area contributed by atoms with Crippen LogP contribution in [-0.2, 0) is 24.2 Å². The van der Waals surface area contributed by atoms with E-state index in [9.17, 15) is 13.6 Å². The molecule has 0 saturated carbocycles. The molecule has 4 nitrogen and oxygen atoms in total. The molecule has 3 N–H and O–H groups in total. The third-order valence-electron chi connectivity index (χ3n) is 5.69. The maximum atomic E-state index is 14.3. The van der Waals surface area contributed by atoms with Gasteiger partial charge in [0.25, 0.3) is 0 Å². The van der Waals surface area contributed by atoms with Gasteiger partial charge in [0.05, 0.1) is 11.2 Å². The fourth-order valence-electron chi connectivity index (χ4n) is 4.17. The molecule has 1 unspecified atom stereocenters. The van der Waals surface area contributed by atoms with E-state index in [4.69, 9.17) is 5.73 Å². The second-order valence-corrected chi connectivity index (χ2v) is 8.14. The fraction of sp³-hybridized carbons (Fsp3) is 0.348. The molecule has 0 spiro atoms. The molecule has 0 aliphatic heterocycles. The van der Waals surface area contributed by atoms with Gasteiger partial charge in [0.15, 0.2) is 0 Å². The van der Waals surface area contributed by atoms with Crippen LogP contribution in [0.2, 0.25) is 0 Å². The molecule has 4 rings (SSSR count). The van der Waals surface area contributed by atoms with E-state index in [0.717, 1.165) is 40.6 Å². The molecule has 1 amide bonds. The van der Waals surface area contributed by atoms with Crippen LogP contribution in [0.25, 0.3) is 10.9 Å². The summed E-state index contributed by atoms with van der Waals surface area (Å²) in [5, 5.41) is 4.01. The lowest BCUT2D eigenvalue weighted by atomic mass is 9.91. The first-order chi connectivity index (χ1) is 13.8. The number of aromatic nitrogens is 1. The van der Waals surface area contributed by atoms with Gasteiger partial charge < -0.3 is 15.6 Å². The van der Waals surface area contributed by atoms with Crippen LogP contribution in [0.1, 0.15) is 37.1 Å². The number of nitrogens with one attached hydrogen (secondary N) is 1. The first-order valence-corrected chi connectivity index (χ1v) is 9.97. The van der Waals surface area contributed by atoms with E-state index in [0.29, 0.717) is 13.0 Å². The van der Waals surface area contributed by atoms with Crippen molar-refractivity contribution in [1.82, 2.24) is 9.88 Å². The van der Waals surface area contributed by atoms with Crippen LogP contribution in [0.5, 0.6) is 0 Å². The Kier molecular flexibility index (Phi) is 5.03. The van der Waals surface area contributed by atoms with Gasteiger partial charge >= 0.3 is 0 Å². The summed E-state index contributed by atoms with van der Waals surface area (Å²) in [7, 11) is 0. The van der Waals surface area contributed by atoms with E-state index in [1.807, 2.05) is 19.9 Å². The Morgan fingerprint density at radius 2 is 2.07 bits per heavy atom. The van der Waals surface area contributed by atoms with Crippen LogP contribution >= 0.6 is 0 Å². The minimum Gasteiger partial charge on any atom is -0.396 e. The van der Waals surface area contributed by atoms with Crippen LogP contribution in [-0.4, -0.2) is 16.5 Å². The maximum absolute atomic E-state index is 14.3. The number of fused-ring (bicyclic) bond motifs is 3. The van der Waals surface area contributed by atoms with Crippen molar-refractivity contribution >= 4 is 22.5 Å². The van der Waals surface area contributed by atoms with Crippen LogP contribution in [0.3, 0.4) is 0 Å². The highest BCUT2D eigenvalue weighted by Gasteiger charge is 2.27. The summed E-state index contributed by atoms with van der Waals surface area (Å²) in [6.45, 7) is 4.20. The van der Waals surface area contributed by atoms with Crippen LogP contribution in [0.15, 0.2) is 36.4 Å². The molecule has 3 aromatic rings. The second-order valence-electron chi connectivity index (χ2n) is 8.14. The number of hydrogen-bond acceptors (Lipinski definition) is 2. The lowest BCUT2D eigenvalue weighted by molar-refractivity contribution is -0.124. The molecule has 6 heteroatoms. The molecule has 0 fully saturated rings. The van der Waals surface area contributed by atoms with Gasteiger partial charge in [0.1, 0.15) is 11.6 Å². The van der Waals surface area contributed by atoms with Gasteiger partial charge in [-0.1, -0.05) is 26.0 Å². The largest absolute Gasteiger partial charge is 0.396 e. The Morgan fingerprint density at radius 1 is 1.28 bits per heavy atom. The van der Waals surface area contributed by atoms with E-state index >= 15 is 0 Å². The Labute approximate surface area is 168 Å². The molecule has 0 saturated heterocycles. The summed E-state index contributed by atoms with van der Waals surface area (Å²) < 4.78 is 30.0. The zero-order chi connectivity index (χ0) is 20.7. The fourth-order valence-corrected chi connectivity index (χ4v) is 4.17. The minimum atomic E-state index is -0.461. The van der Waals surface area contributed by atoms with Gasteiger partial charge in [0.2, 0.25) is 5.91 Å². The van der Waals surface area contributed by atoms with Gasteiger partial charge in [-0.25, -0.2) is 8.78 Å². The number of carbonyl (C=O) groups is 1. The third kappa shape index (κ3) is 3.71. The monoisotopic (exact) mass is 397 g/mol. The number of nitrogens with zero attached hydrogens (tertiary/aromatic N) is 1. The number of halogens is 2.